The van der Waals surface area contributed by atoms with Crippen LogP contribution in [0.2, 0.25) is 5.02 Å². The molecule has 0 aromatic heterocycles. The van der Waals surface area contributed by atoms with Gasteiger partial charge in [-0.15, -0.1) is 0 Å². The lowest BCUT2D eigenvalue weighted by Gasteiger charge is -2.28. The van der Waals surface area contributed by atoms with Crippen molar-refractivity contribution in [2.75, 3.05) is 29.9 Å². The monoisotopic (exact) mass is 473 g/mol. The zero-order chi connectivity index (χ0) is 22.7. The van der Waals surface area contributed by atoms with E-state index in [-0.39, 0.29) is 10.5 Å². The van der Waals surface area contributed by atoms with Crippen LogP contribution in [0.3, 0.4) is 0 Å². The average molecular weight is 474 g/mol. The Kier molecular flexibility index (Phi) is 6.81. The van der Waals surface area contributed by atoms with Crippen molar-refractivity contribution in [1.82, 2.24) is 4.90 Å². The molecule has 32 heavy (non-hydrogen) atoms. The maximum absolute atomic E-state index is 14.7. The summed E-state index contributed by atoms with van der Waals surface area (Å²) in [4.78, 5) is 40.3. The van der Waals surface area contributed by atoms with Gasteiger partial charge < -0.3 is 10.2 Å². The van der Waals surface area contributed by atoms with Crippen LogP contribution in [-0.4, -0.2) is 41.6 Å². The Balaban J connectivity index is 1.45. The molecule has 2 aliphatic rings. The zero-order valence-electron chi connectivity index (χ0n) is 17.1. The van der Waals surface area contributed by atoms with Crippen molar-refractivity contribution in [3.8, 4) is 0 Å². The molecule has 166 valence electrons. The molecule has 6 nitrogen and oxygen atoms in total. The van der Waals surface area contributed by atoms with Gasteiger partial charge in [0.1, 0.15) is 12.4 Å². The Labute approximate surface area is 194 Å². The highest BCUT2D eigenvalue weighted by Gasteiger charge is 2.36. The number of anilines is 2. The summed E-state index contributed by atoms with van der Waals surface area (Å²) in [7, 11) is 0. The van der Waals surface area contributed by atoms with Crippen molar-refractivity contribution >= 4 is 57.9 Å². The van der Waals surface area contributed by atoms with E-state index in [1.54, 1.807) is 30.3 Å². The second kappa shape index (κ2) is 9.75. The fourth-order valence-corrected chi connectivity index (χ4v) is 4.67. The molecule has 2 aromatic rings. The van der Waals surface area contributed by atoms with Gasteiger partial charge in [0.2, 0.25) is 5.91 Å². The van der Waals surface area contributed by atoms with Crippen LogP contribution in [0.1, 0.15) is 24.8 Å². The lowest BCUT2D eigenvalue weighted by atomic mass is 10.1. The van der Waals surface area contributed by atoms with Crippen LogP contribution in [0.4, 0.5) is 20.6 Å². The van der Waals surface area contributed by atoms with E-state index in [4.69, 9.17) is 11.6 Å². The number of nitrogens with one attached hydrogen (secondary N) is 1. The fourth-order valence-electron chi connectivity index (χ4n) is 3.66. The first-order valence-corrected chi connectivity index (χ1v) is 11.5. The van der Waals surface area contributed by atoms with E-state index in [1.807, 2.05) is 6.07 Å². The number of carbonyl (C=O) groups excluding carboxylic acids is 3. The third-order valence-corrected chi connectivity index (χ3v) is 6.55. The van der Waals surface area contributed by atoms with E-state index >= 15 is 0 Å². The van der Waals surface area contributed by atoms with Crippen molar-refractivity contribution < 1.29 is 18.8 Å². The molecule has 2 heterocycles. The second-order valence-electron chi connectivity index (χ2n) is 7.55. The number of rotatable bonds is 5. The smallest absolute Gasteiger partial charge is 0.294 e. The second-order valence-corrected chi connectivity index (χ2v) is 8.95. The van der Waals surface area contributed by atoms with Gasteiger partial charge in [0.05, 0.1) is 15.6 Å². The van der Waals surface area contributed by atoms with Crippen LogP contribution in [0.25, 0.3) is 6.08 Å². The third kappa shape index (κ3) is 4.97. The van der Waals surface area contributed by atoms with Crippen LogP contribution in [0.5, 0.6) is 0 Å². The molecule has 0 aliphatic carbocycles. The van der Waals surface area contributed by atoms with E-state index in [0.29, 0.717) is 22.5 Å². The number of carbonyl (C=O) groups is 3. The molecule has 2 fully saturated rings. The molecule has 0 unspecified atom stereocenters. The van der Waals surface area contributed by atoms with Crippen molar-refractivity contribution in [3.05, 3.63) is 63.8 Å². The molecule has 4 rings (SSSR count). The number of nitrogens with zero attached hydrogens (tertiary/aromatic N) is 2. The van der Waals surface area contributed by atoms with Crippen LogP contribution < -0.4 is 10.2 Å². The summed E-state index contributed by atoms with van der Waals surface area (Å²) in [6.07, 6.45) is 4.71. The Morgan fingerprint density at radius 3 is 2.59 bits per heavy atom. The van der Waals surface area contributed by atoms with Gasteiger partial charge in [0, 0.05) is 24.3 Å². The van der Waals surface area contributed by atoms with E-state index in [1.165, 1.54) is 18.6 Å². The number of piperidine rings is 1. The molecule has 0 bridgehead atoms. The van der Waals surface area contributed by atoms with Crippen molar-refractivity contribution in [3.63, 3.8) is 0 Å². The molecule has 0 atom stereocenters. The summed E-state index contributed by atoms with van der Waals surface area (Å²) >= 11 is 6.70. The average Bonchev–Trinajstić information content (AvgIpc) is 3.04. The van der Waals surface area contributed by atoms with E-state index in [2.05, 4.69) is 10.2 Å². The standard InChI is InChI=1S/C23H21ClFN3O3S/c24-17-6-2-3-7-19(17)26-21(29)14-28-22(30)20(32-23(28)31)12-15-8-9-16(13-18(15)25)27-10-4-1-5-11-27/h2-3,6-9,12-13H,1,4-5,10-11,14H2,(H,26,29)/b20-12+. The van der Waals surface area contributed by atoms with Gasteiger partial charge in [-0.05, 0) is 67.4 Å². The first-order chi connectivity index (χ1) is 15.4. The predicted molar refractivity (Wildman–Crippen MR) is 125 cm³/mol. The van der Waals surface area contributed by atoms with Gasteiger partial charge >= 0.3 is 0 Å². The minimum Gasteiger partial charge on any atom is -0.371 e. The van der Waals surface area contributed by atoms with Gasteiger partial charge in [-0.3, -0.25) is 19.3 Å². The maximum atomic E-state index is 14.7. The number of hydrogen-bond acceptors (Lipinski definition) is 5. The third-order valence-electron chi connectivity index (χ3n) is 5.32. The maximum Gasteiger partial charge on any atom is 0.294 e. The molecule has 2 saturated heterocycles. The number of thioether (sulfide) groups is 1. The molecule has 9 heteroatoms. The molecule has 0 saturated carbocycles. The summed E-state index contributed by atoms with van der Waals surface area (Å²) in [6.45, 7) is 1.34. The van der Waals surface area contributed by atoms with Crippen LogP contribution >= 0.6 is 23.4 Å². The van der Waals surface area contributed by atoms with Crippen LogP contribution in [-0.2, 0) is 9.59 Å². The first kappa shape index (κ1) is 22.4. The zero-order valence-corrected chi connectivity index (χ0v) is 18.7. The van der Waals surface area contributed by atoms with Gasteiger partial charge in [0.25, 0.3) is 11.1 Å². The highest BCUT2D eigenvalue weighted by molar-refractivity contribution is 8.18. The SMILES string of the molecule is O=C(CN1C(=O)S/C(=C/c2ccc(N3CCCCC3)cc2F)C1=O)Nc1ccccc1Cl. The van der Waals surface area contributed by atoms with Gasteiger partial charge in [0.15, 0.2) is 0 Å². The predicted octanol–water partition coefficient (Wildman–Crippen LogP) is 5.14. The number of benzene rings is 2. The van der Waals surface area contributed by atoms with Crippen LogP contribution in [0, 0.1) is 5.82 Å². The minimum absolute atomic E-state index is 0.0742. The van der Waals surface area contributed by atoms with Crippen molar-refractivity contribution in [2.24, 2.45) is 0 Å². The molecular weight excluding hydrogens is 453 g/mol. The molecular formula is C23H21ClFN3O3S. The molecule has 3 amide bonds. The van der Waals surface area contributed by atoms with Crippen molar-refractivity contribution in [1.29, 1.82) is 0 Å². The molecule has 1 N–H and O–H groups in total. The minimum atomic E-state index is -0.631. The van der Waals surface area contributed by atoms with Crippen molar-refractivity contribution in [2.45, 2.75) is 19.3 Å². The first-order valence-electron chi connectivity index (χ1n) is 10.3. The Hall–Kier alpha value is -2.84. The number of para-hydroxylation sites is 1. The molecule has 0 spiro atoms. The summed E-state index contributed by atoms with van der Waals surface area (Å²) in [5.41, 5.74) is 1.41. The highest BCUT2D eigenvalue weighted by atomic mass is 35.5. The van der Waals surface area contributed by atoms with E-state index in [9.17, 15) is 18.8 Å². The lowest BCUT2D eigenvalue weighted by molar-refractivity contribution is -0.127. The number of imide groups is 1. The number of amides is 3. The largest absolute Gasteiger partial charge is 0.371 e. The van der Waals surface area contributed by atoms with E-state index < -0.39 is 29.4 Å². The summed E-state index contributed by atoms with van der Waals surface area (Å²) in [6, 6.07) is 11.5. The van der Waals surface area contributed by atoms with Gasteiger partial charge in [-0.2, -0.15) is 0 Å². The quantitative estimate of drug-likeness (QED) is 0.608. The van der Waals surface area contributed by atoms with Gasteiger partial charge in [-0.1, -0.05) is 23.7 Å². The topological polar surface area (TPSA) is 69.7 Å². The Morgan fingerprint density at radius 1 is 1.12 bits per heavy atom. The number of hydrogen-bond donors (Lipinski definition) is 1. The Morgan fingerprint density at radius 2 is 1.88 bits per heavy atom. The lowest BCUT2D eigenvalue weighted by Crippen LogP contribution is -2.36. The normalized spacial score (nSPS) is 17.9. The number of halogens is 2. The molecule has 0 radical (unpaired) electrons. The van der Waals surface area contributed by atoms with Crippen LogP contribution in [0.15, 0.2) is 47.4 Å². The Bertz CT molecular complexity index is 1100. The van der Waals surface area contributed by atoms with Gasteiger partial charge in [-0.25, -0.2) is 4.39 Å². The molecule has 2 aliphatic heterocycles. The summed E-state index contributed by atoms with van der Waals surface area (Å²) in [5.74, 6) is -1.65. The highest BCUT2D eigenvalue weighted by Crippen LogP contribution is 2.33. The van der Waals surface area contributed by atoms with E-state index in [0.717, 1.165) is 36.5 Å². The summed E-state index contributed by atoms with van der Waals surface area (Å²) < 4.78 is 14.7. The molecule has 2 aromatic carbocycles. The fraction of sp³-hybridized carbons (Fsp3) is 0.261. The summed E-state index contributed by atoms with van der Waals surface area (Å²) in [5, 5.41) is 2.34.